The Bertz CT molecular complexity index is 518. The maximum Gasteiger partial charge on any atom is 0.247 e. The molecule has 2 heterocycles. The topological polar surface area (TPSA) is 54.2 Å². The van der Waals surface area contributed by atoms with Crippen molar-refractivity contribution < 1.29 is 4.42 Å². The number of hydrogen-bond acceptors (Lipinski definition) is 5. The van der Waals surface area contributed by atoms with Crippen molar-refractivity contribution in [2.24, 2.45) is 0 Å². The summed E-state index contributed by atoms with van der Waals surface area (Å²) in [7, 11) is 2.17. The molecule has 0 radical (unpaired) electrons. The number of aromatic nitrogens is 2. The number of nitrogens with one attached hydrogen (secondary N) is 1. The minimum absolute atomic E-state index is 0.550. The first-order valence-corrected chi connectivity index (χ1v) is 6.63. The maximum atomic E-state index is 5.22. The molecular weight excluding hydrogens is 240 g/mol. The largest absolute Gasteiger partial charge is 0.423 e. The molecular formula is C14H18N4O. The summed E-state index contributed by atoms with van der Waals surface area (Å²) in [6.45, 7) is 2.31. The monoisotopic (exact) mass is 258 g/mol. The Morgan fingerprint density at radius 1 is 1.32 bits per heavy atom. The van der Waals surface area contributed by atoms with Crippen molar-refractivity contribution in [2.45, 2.75) is 18.9 Å². The third-order valence-electron chi connectivity index (χ3n) is 3.56. The van der Waals surface area contributed by atoms with E-state index in [0.29, 0.717) is 11.9 Å². The van der Waals surface area contributed by atoms with Crippen LogP contribution < -0.4 is 5.32 Å². The van der Waals surface area contributed by atoms with Crippen LogP contribution in [-0.2, 0) is 0 Å². The van der Waals surface area contributed by atoms with Crippen LogP contribution in [-0.4, -0.2) is 41.3 Å². The van der Waals surface area contributed by atoms with Crippen LogP contribution in [0, 0.1) is 0 Å². The second-order valence-corrected chi connectivity index (χ2v) is 5.05. The molecule has 1 N–H and O–H groups in total. The fourth-order valence-electron chi connectivity index (χ4n) is 2.43. The van der Waals surface area contributed by atoms with Crippen LogP contribution in [0.3, 0.4) is 0 Å². The van der Waals surface area contributed by atoms with Gasteiger partial charge in [0.15, 0.2) is 0 Å². The lowest BCUT2D eigenvalue weighted by Crippen LogP contribution is -2.36. The van der Waals surface area contributed by atoms with E-state index in [4.69, 9.17) is 4.42 Å². The fourth-order valence-corrected chi connectivity index (χ4v) is 2.43. The highest BCUT2D eigenvalue weighted by molar-refractivity contribution is 5.61. The zero-order valence-electron chi connectivity index (χ0n) is 11.0. The first-order valence-electron chi connectivity index (χ1n) is 6.63. The highest BCUT2D eigenvalue weighted by Gasteiger charge is 2.16. The first-order chi connectivity index (χ1) is 9.31. The molecule has 3 rings (SSSR count). The summed E-state index contributed by atoms with van der Waals surface area (Å²) in [6, 6.07) is 8.68. The second kappa shape index (κ2) is 5.40. The van der Waals surface area contributed by atoms with Crippen LogP contribution in [0.1, 0.15) is 12.8 Å². The number of rotatable bonds is 3. The SMILES string of the molecule is CN1CCC(Nc2cccc(-c3nnco3)c2)CC1. The molecule has 0 bridgehead atoms. The Hall–Kier alpha value is -1.88. The highest BCUT2D eigenvalue weighted by Crippen LogP contribution is 2.22. The molecule has 5 heteroatoms. The van der Waals surface area contributed by atoms with Crippen LogP contribution in [0.5, 0.6) is 0 Å². The van der Waals surface area contributed by atoms with Gasteiger partial charge in [-0.05, 0) is 51.2 Å². The summed E-state index contributed by atoms with van der Waals surface area (Å²) in [5.41, 5.74) is 2.07. The van der Waals surface area contributed by atoms with Gasteiger partial charge in [-0.3, -0.25) is 0 Å². The van der Waals surface area contributed by atoms with Crippen molar-refractivity contribution >= 4 is 5.69 Å². The molecule has 1 aromatic heterocycles. The predicted octanol–water partition coefficient (Wildman–Crippen LogP) is 2.24. The molecule has 1 aliphatic rings. The fraction of sp³-hybridized carbons (Fsp3) is 0.429. The van der Waals surface area contributed by atoms with Gasteiger partial charge in [0.2, 0.25) is 12.3 Å². The molecule has 5 nitrogen and oxygen atoms in total. The van der Waals surface area contributed by atoms with Gasteiger partial charge in [0.05, 0.1) is 0 Å². The van der Waals surface area contributed by atoms with Crippen molar-refractivity contribution in [3.63, 3.8) is 0 Å². The molecule has 0 saturated carbocycles. The Balaban J connectivity index is 1.70. The maximum absolute atomic E-state index is 5.22. The van der Waals surface area contributed by atoms with Crippen LogP contribution in [0.25, 0.3) is 11.5 Å². The van der Waals surface area contributed by atoms with E-state index in [0.717, 1.165) is 24.3 Å². The molecule has 1 fully saturated rings. The molecule has 0 spiro atoms. The van der Waals surface area contributed by atoms with E-state index in [1.807, 2.05) is 12.1 Å². The van der Waals surface area contributed by atoms with Gasteiger partial charge in [0.1, 0.15) is 0 Å². The lowest BCUT2D eigenvalue weighted by molar-refractivity contribution is 0.264. The minimum Gasteiger partial charge on any atom is -0.423 e. The van der Waals surface area contributed by atoms with Gasteiger partial charge in [-0.1, -0.05) is 6.07 Å². The molecule has 0 aliphatic carbocycles. The minimum atomic E-state index is 0.550. The molecule has 0 amide bonds. The average molecular weight is 258 g/mol. The van der Waals surface area contributed by atoms with Gasteiger partial charge in [-0.25, -0.2) is 0 Å². The lowest BCUT2D eigenvalue weighted by Gasteiger charge is -2.30. The summed E-state index contributed by atoms with van der Waals surface area (Å²) < 4.78 is 5.22. The zero-order chi connectivity index (χ0) is 13.1. The summed E-state index contributed by atoms with van der Waals surface area (Å²) >= 11 is 0. The van der Waals surface area contributed by atoms with Gasteiger partial charge in [0.25, 0.3) is 0 Å². The summed E-state index contributed by atoms with van der Waals surface area (Å²) in [5, 5.41) is 11.2. The van der Waals surface area contributed by atoms with E-state index in [1.54, 1.807) is 0 Å². The second-order valence-electron chi connectivity index (χ2n) is 5.05. The van der Waals surface area contributed by atoms with Gasteiger partial charge >= 0.3 is 0 Å². The summed E-state index contributed by atoms with van der Waals surface area (Å²) in [5.74, 6) is 0.562. The van der Waals surface area contributed by atoms with Crippen molar-refractivity contribution in [3.05, 3.63) is 30.7 Å². The van der Waals surface area contributed by atoms with Crippen molar-refractivity contribution in [3.8, 4) is 11.5 Å². The molecule has 1 saturated heterocycles. The van der Waals surface area contributed by atoms with E-state index in [9.17, 15) is 0 Å². The third kappa shape index (κ3) is 2.93. The zero-order valence-corrected chi connectivity index (χ0v) is 11.0. The van der Waals surface area contributed by atoms with Gasteiger partial charge in [-0.15, -0.1) is 10.2 Å². The Morgan fingerprint density at radius 3 is 2.89 bits per heavy atom. The van der Waals surface area contributed by atoms with Crippen molar-refractivity contribution in [1.82, 2.24) is 15.1 Å². The molecule has 0 unspecified atom stereocenters. The van der Waals surface area contributed by atoms with Crippen molar-refractivity contribution in [2.75, 3.05) is 25.5 Å². The Morgan fingerprint density at radius 2 is 2.16 bits per heavy atom. The van der Waals surface area contributed by atoms with Crippen LogP contribution in [0.4, 0.5) is 5.69 Å². The van der Waals surface area contributed by atoms with Gasteiger partial charge in [-0.2, -0.15) is 0 Å². The molecule has 2 aromatic rings. The molecule has 0 atom stereocenters. The van der Waals surface area contributed by atoms with E-state index in [1.165, 1.54) is 19.2 Å². The number of hydrogen-bond donors (Lipinski definition) is 1. The number of piperidine rings is 1. The molecule has 19 heavy (non-hydrogen) atoms. The normalized spacial score (nSPS) is 17.5. The smallest absolute Gasteiger partial charge is 0.247 e. The van der Waals surface area contributed by atoms with Crippen molar-refractivity contribution in [1.29, 1.82) is 0 Å². The van der Waals surface area contributed by atoms with Crippen LogP contribution in [0.2, 0.25) is 0 Å². The first kappa shape index (κ1) is 12.2. The number of anilines is 1. The average Bonchev–Trinajstić information content (AvgIpc) is 2.96. The number of benzene rings is 1. The number of nitrogens with zero attached hydrogens (tertiary/aromatic N) is 3. The van der Waals surface area contributed by atoms with Gasteiger partial charge < -0.3 is 14.6 Å². The van der Waals surface area contributed by atoms with E-state index < -0.39 is 0 Å². The molecule has 1 aliphatic heterocycles. The van der Waals surface area contributed by atoms with Gasteiger partial charge in [0, 0.05) is 17.3 Å². The van der Waals surface area contributed by atoms with Crippen LogP contribution in [0.15, 0.2) is 35.1 Å². The standard InChI is InChI=1S/C14H18N4O/c1-18-7-5-12(6-8-18)16-13-4-2-3-11(9-13)14-17-15-10-19-14/h2-4,9-10,12,16H,5-8H2,1H3. The lowest BCUT2D eigenvalue weighted by atomic mass is 10.0. The predicted molar refractivity (Wildman–Crippen MR) is 73.9 cm³/mol. The third-order valence-corrected chi connectivity index (χ3v) is 3.56. The molecule has 1 aromatic carbocycles. The highest BCUT2D eigenvalue weighted by atomic mass is 16.4. The van der Waals surface area contributed by atoms with E-state index >= 15 is 0 Å². The molecule has 100 valence electrons. The summed E-state index contributed by atoms with van der Waals surface area (Å²) in [4.78, 5) is 2.37. The number of likely N-dealkylation sites (tertiary alicyclic amines) is 1. The quantitative estimate of drug-likeness (QED) is 0.915. The van der Waals surface area contributed by atoms with E-state index in [2.05, 4.69) is 39.6 Å². The van der Waals surface area contributed by atoms with E-state index in [-0.39, 0.29) is 0 Å². The Kier molecular flexibility index (Phi) is 3.46. The van der Waals surface area contributed by atoms with Crippen LogP contribution >= 0.6 is 0 Å². The summed E-state index contributed by atoms with van der Waals surface area (Å²) in [6.07, 6.45) is 3.72. The Labute approximate surface area is 112 Å².